The SMILES string of the molecule is Cc1ccccc1S(=O)(=O)N1CCCCC1CNC(=O)[C]1CCCCCCC1.[CH2].[CH2]. The van der Waals surface area contributed by atoms with E-state index in [0.717, 1.165) is 56.4 Å². The molecule has 1 unspecified atom stereocenters. The van der Waals surface area contributed by atoms with Gasteiger partial charge in [-0.05, 0) is 44.2 Å². The molecule has 6 heteroatoms. The highest BCUT2D eigenvalue weighted by Gasteiger charge is 2.34. The summed E-state index contributed by atoms with van der Waals surface area (Å²) in [5, 5.41) is 3.06. The molecule has 1 aromatic rings. The molecule has 1 atom stereocenters. The first-order chi connectivity index (χ1) is 13.5. The number of amides is 1. The van der Waals surface area contributed by atoms with E-state index in [0.29, 0.717) is 18.0 Å². The van der Waals surface area contributed by atoms with Crippen LogP contribution in [0.25, 0.3) is 0 Å². The van der Waals surface area contributed by atoms with Crippen LogP contribution >= 0.6 is 0 Å². The Morgan fingerprint density at radius 1 is 1.00 bits per heavy atom. The summed E-state index contributed by atoms with van der Waals surface area (Å²) >= 11 is 0. The van der Waals surface area contributed by atoms with Gasteiger partial charge in [-0.2, -0.15) is 4.31 Å². The van der Waals surface area contributed by atoms with E-state index in [1.165, 1.54) is 19.3 Å². The van der Waals surface area contributed by atoms with Gasteiger partial charge in [-0.1, -0.05) is 71.6 Å². The van der Waals surface area contributed by atoms with Crippen LogP contribution in [0.4, 0.5) is 0 Å². The molecule has 1 aliphatic carbocycles. The average molecular weight is 434 g/mol. The minimum Gasteiger partial charge on any atom is -0.354 e. The minimum absolute atomic E-state index is 0. The molecule has 0 aromatic heterocycles. The van der Waals surface area contributed by atoms with Crippen LogP contribution in [0, 0.1) is 27.7 Å². The number of sulfonamides is 1. The van der Waals surface area contributed by atoms with Crippen molar-refractivity contribution in [2.45, 2.75) is 82.1 Å². The Labute approximate surface area is 184 Å². The molecule has 2 fully saturated rings. The lowest BCUT2D eigenvalue weighted by Gasteiger charge is -2.35. The van der Waals surface area contributed by atoms with E-state index in [9.17, 15) is 13.2 Å². The van der Waals surface area contributed by atoms with Crippen LogP contribution in [0.5, 0.6) is 0 Å². The number of carbonyl (C=O) groups excluding carboxylic acids is 1. The van der Waals surface area contributed by atoms with Crippen LogP contribution in [-0.4, -0.2) is 37.8 Å². The first kappa shape index (κ1) is 26.6. The fourth-order valence-corrected chi connectivity index (χ4v) is 6.28. The summed E-state index contributed by atoms with van der Waals surface area (Å²) < 4.78 is 28.1. The Morgan fingerprint density at radius 2 is 1.63 bits per heavy atom. The Balaban J connectivity index is 0.00000225. The van der Waals surface area contributed by atoms with Gasteiger partial charge in [0.25, 0.3) is 0 Å². The Hall–Kier alpha value is -1.40. The number of carbonyl (C=O) groups is 1. The summed E-state index contributed by atoms with van der Waals surface area (Å²) in [6.45, 7) is 2.75. The van der Waals surface area contributed by atoms with E-state index < -0.39 is 10.0 Å². The van der Waals surface area contributed by atoms with Crippen molar-refractivity contribution >= 4 is 15.9 Å². The molecule has 1 saturated heterocycles. The number of piperidine rings is 1. The zero-order valence-electron chi connectivity index (χ0n) is 18.4. The number of benzene rings is 1. The summed E-state index contributed by atoms with van der Waals surface area (Å²) in [7, 11) is -3.55. The lowest BCUT2D eigenvalue weighted by Crippen LogP contribution is -2.50. The van der Waals surface area contributed by atoms with Gasteiger partial charge in [0, 0.05) is 19.1 Å². The molecule has 30 heavy (non-hydrogen) atoms. The zero-order valence-corrected chi connectivity index (χ0v) is 19.2. The van der Waals surface area contributed by atoms with Gasteiger partial charge in [-0.3, -0.25) is 4.79 Å². The molecule has 5 radical (unpaired) electrons. The Kier molecular flexibility index (Phi) is 11.1. The normalized spacial score (nSPS) is 21.4. The van der Waals surface area contributed by atoms with Crippen molar-refractivity contribution in [2.24, 2.45) is 0 Å². The lowest BCUT2D eigenvalue weighted by atomic mass is 9.90. The third-order valence-electron chi connectivity index (χ3n) is 6.03. The van der Waals surface area contributed by atoms with Gasteiger partial charge in [0.15, 0.2) is 0 Å². The second kappa shape index (κ2) is 12.5. The summed E-state index contributed by atoms with van der Waals surface area (Å²) in [5.74, 6) is 1.02. The predicted molar refractivity (Wildman–Crippen MR) is 122 cm³/mol. The van der Waals surface area contributed by atoms with Crippen molar-refractivity contribution in [1.82, 2.24) is 9.62 Å². The largest absolute Gasteiger partial charge is 0.354 e. The fourth-order valence-electron chi connectivity index (χ4n) is 4.36. The van der Waals surface area contributed by atoms with E-state index in [4.69, 9.17) is 0 Å². The summed E-state index contributed by atoms with van der Waals surface area (Å²) in [6.07, 6.45) is 10.2. The molecule has 1 saturated carbocycles. The number of aryl methyl sites for hydroxylation is 1. The second-order valence-corrected chi connectivity index (χ2v) is 9.97. The van der Waals surface area contributed by atoms with E-state index >= 15 is 0 Å². The van der Waals surface area contributed by atoms with Crippen LogP contribution in [-0.2, 0) is 14.8 Å². The quantitative estimate of drug-likeness (QED) is 0.736. The number of rotatable bonds is 5. The maximum absolute atomic E-state index is 13.3. The molecule has 1 aromatic carbocycles. The van der Waals surface area contributed by atoms with Crippen LogP contribution < -0.4 is 5.32 Å². The van der Waals surface area contributed by atoms with Crippen LogP contribution in [0.3, 0.4) is 0 Å². The van der Waals surface area contributed by atoms with Crippen molar-refractivity contribution in [1.29, 1.82) is 0 Å². The van der Waals surface area contributed by atoms with Crippen molar-refractivity contribution < 1.29 is 13.2 Å². The maximum Gasteiger partial charge on any atom is 0.243 e. The highest BCUT2D eigenvalue weighted by molar-refractivity contribution is 7.89. The fraction of sp³-hybridized carbons (Fsp3) is 0.583. The molecule has 0 bridgehead atoms. The van der Waals surface area contributed by atoms with Gasteiger partial charge in [0.1, 0.15) is 0 Å². The molecule has 1 heterocycles. The monoisotopic (exact) mass is 433 g/mol. The van der Waals surface area contributed by atoms with Gasteiger partial charge >= 0.3 is 0 Å². The van der Waals surface area contributed by atoms with Crippen molar-refractivity contribution in [2.75, 3.05) is 13.1 Å². The standard InChI is InChI=1S/C22H33N2O3S.2CH2/c1-18-11-7-8-15-21(18)28(26,27)24-16-10-9-14-20(24)17-23-22(25)19-12-5-3-2-4-6-13-19;;/h7-8,11,15,20H,2-6,9-10,12-14,16-17H2,1H3,(H,23,25);2*1H2. The lowest BCUT2D eigenvalue weighted by molar-refractivity contribution is -0.120. The first-order valence-corrected chi connectivity index (χ1v) is 12.1. The molecule has 0 spiro atoms. The number of nitrogens with one attached hydrogen (secondary N) is 1. The molecular formula is C24H37N2O3S. The minimum atomic E-state index is -3.55. The summed E-state index contributed by atoms with van der Waals surface area (Å²) in [6, 6.07) is 6.97. The molecule has 1 N–H and O–H groups in total. The predicted octanol–water partition coefficient (Wildman–Crippen LogP) is 4.63. The number of nitrogens with zero attached hydrogens (tertiary/aromatic N) is 1. The number of hydrogen-bond donors (Lipinski definition) is 1. The van der Waals surface area contributed by atoms with Gasteiger partial charge in [0.2, 0.25) is 15.9 Å². The molecule has 2 aliphatic rings. The molecule has 167 valence electrons. The average Bonchev–Trinajstić information content (AvgIpc) is 2.66. The van der Waals surface area contributed by atoms with Crippen molar-refractivity contribution in [3.05, 3.63) is 50.6 Å². The molecule has 1 aliphatic heterocycles. The van der Waals surface area contributed by atoms with E-state index in [1.807, 2.05) is 19.1 Å². The molecule has 5 nitrogen and oxygen atoms in total. The highest BCUT2D eigenvalue weighted by Crippen LogP contribution is 2.28. The van der Waals surface area contributed by atoms with Gasteiger partial charge in [0.05, 0.1) is 10.8 Å². The second-order valence-electron chi connectivity index (χ2n) is 8.11. The Bertz CT molecular complexity index is 755. The smallest absolute Gasteiger partial charge is 0.243 e. The molecule has 3 rings (SSSR count). The first-order valence-electron chi connectivity index (χ1n) is 10.7. The van der Waals surface area contributed by atoms with Crippen LogP contribution in [0.1, 0.15) is 69.8 Å². The number of hydrogen-bond acceptors (Lipinski definition) is 3. The third kappa shape index (κ3) is 6.55. The molecular weight excluding hydrogens is 396 g/mol. The van der Waals surface area contributed by atoms with Crippen molar-refractivity contribution in [3.8, 4) is 0 Å². The van der Waals surface area contributed by atoms with E-state index in [2.05, 4.69) is 5.32 Å². The third-order valence-corrected chi connectivity index (χ3v) is 8.14. The van der Waals surface area contributed by atoms with E-state index in [-0.39, 0.29) is 26.8 Å². The Morgan fingerprint density at radius 3 is 2.30 bits per heavy atom. The molecule has 1 amide bonds. The van der Waals surface area contributed by atoms with E-state index in [1.54, 1.807) is 16.4 Å². The maximum atomic E-state index is 13.3. The van der Waals surface area contributed by atoms with Crippen LogP contribution in [0.15, 0.2) is 29.2 Å². The van der Waals surface area contributed by atoms with Gasteiger partial charge in [-0.25, -0.2) is 8.42 Å². The van der Waals surface area contributed by atoms with Gasteiger partial charge < -0.3 is 5.32 Å². The van der Waals surface area contributed by atoms with Crippen molar-refractivity contribution in [3.63, 3.8) is 0 Å². The summed E-state index contributed by atoms with van der Waals surface area (Å²) in [5.41, 5.74) is 0.765. The van der Waals surface area contributed by atoms with Crippen LogP contribution in [0.2, 0.25) is 0 Å². The summed E-state index contributed by atoms with van der Waals surface area (Å²) in [4.78, 5) is 13.0. The van der Waals surface area contributed by atoms with Gasteiger partial charge in [-0.15, -0.1) is 0 Å². The topological polar surface area (TPSA) is 66.5 Å². The highest BCUT2D eigenvalue weighted by atomic mass is 32.2. The zero-order chi connectivity index (χ0) is 20.0.